The third-order valence-electron chi connectivity index (χ3n) is 4.95. The van der Waals surface area contributed by atoms with Crippen LogP contribution in [0.3, 0.4) is 0 Å². The van der Waals surface area contributed by atoms with Gasteiger partial charge in [-0.05, 0) is 24.7 Å². The molecule has 0 saturated heterocycles. The van der Waals surface area contributed by atoms with E-state index in [0.29, 0.717) is 11.3 Å². The molecule has 1 unspecified atom stereocenters. The minimum atomic E-state index is 0.197. The number of fused-ring (bicyclic) bond motifs is 2. The van der Waals surface area contributed by atoms with Crippen molar-refractivity contribution in [3.63, 3.8) is 0 Å². The van der Waals surface area contributed by atoms with Gasteiger partial charge in [-0.25, -0.2) is 0 Å². The van der Waals surface area contributed by atoms with Crippen molar-refractivity contribution in [2.24, 2.45) is 11.8 Å². The number of halogens is 1. The van der Waals surface area contributed by atoms with Crippen LogP contribution in [0.1, 0.15) is 31.0 Å². The molecule has 0 aliphatic heterocycles. The Kier molecular flexibility index (Phi) is 6.09. The monoisotopic (exact) mass is 569 g/mol. The number of ether oxygens (including phenoxy) is 1. The number of hydrogen-bond donors (Lipinski definition) is 1. The van der Waals surface area contributed by atoms with E-state index in [1.165, 1.54) is 18.2 Å². The first-order valence-corrected chi connectivity index (χ1v) is 12.2. The van der Waals surface area contributed by atoms with Gasteiger partial charge in [0.2, 0.25) is 0 Å². The molecule has 2 N–H and O–H groups in total. The van der Waals surface area contributed by atoms with E-state index in [0.717, 1.165) is 31.4 Å². The number of aromatic nitrogens is 4. The third-order valence-corrected chi connectivity index (χ3v) is 8.53. The van der Waals surface area contributed by atoms with Crippen molar-refractivity contribution in [2.75, 3.05) is 12.8 Å². The maximum atomic E-state index is 5.99. The van der Waals surface area contributed by atoms with Gasteiger partial charge in [0.1, 0.15) is 0 Å². The Morgan fingerprint density at radius 3 is 2.68 bits per heavy atom. The standard InChI is InChI=1S/C15H15AsIN5OS.C4H6/c1-3-11(16)22-14-12(13(18)19-7-20-14)21-15(22)24-10-6-8(23-2)4-5-9(10)17;1-3-2-4(1)3/h4-7,11H,3H2,1-2H3,(H2,18,19,20);3-4H,1-2H2. The molecule has 1 atom stereocenters. The van der Waals surface area contributed by atoms with Crippen molar-refractivity contribution >= 4 is 68.2 Å². The van der Waals surface area contributed by atoms with E-state index in [4.69, 9.17) is 15.5 Å². The summed E-state index contributed by atoms with van der Waals surface area (Å²) in [6, 6.07) is 5.99. The number of benzene rings is 1. The molecule has 3 aromatic rings. The molecule has 2 aliphatic rings. The summed E-state index contributed by atoms with van der Waals surface area (Å²) in [4.78, 5) is 14.4. The molecule has 2 saturated carbocycles. The van der Waals surface area contributed by atoms with Crippen molar-refractivity contribution in [3.8, 4) is 5.75 Å². The molecule has 2 fully saturated rings. The van der Waals surface area contributed by atoms with Gasteiger partial charge in [0.15, 0.2) is 0 Å². The zero-order chi connectivity index (χ0) is 19.8. The maximum absolute atomic E-state index is 5.99. The van der Waals surface area contributed by atoms with Crippen molar-refractivity contribution in [3.05, 3.63) is 28.1 Å². The molecular weight excluding hydrogens is 548 g/mol. The number of rotatable bonds is 5. The fourth-order valence-electron chi connectivity index (χ4n) is 2.77. The SMILES string of the molecule is C1C2CC12.CCC([As])n1c(Sc2cc(OC)ccc2I)nc2c(N)ncnc21. The molecule has 0 bridgehead atoms. The van der Waals surface area contributed by atoms with Crippen LogP contribution in [0.15, 0.2) is 34.6 Å². The summed E-state index contributed by atoms with van der Waals surface area (Å²) in [6.45, 7) is 2.13. The van der Waals surface area contributed by atoms with Crippen LogP contribution in [0, 0.1) is 15.4 Å². The average Bonchev–Trinajstić information content (AvgIpc) is 3.57. The topological polar surface area (TPSA) is 78.9 Å². The Hall–Kier alpha value is -0.992. The Balaban J connectivity index is 0.000000416. The van der Waals surface area contributed by atoms with Gasteiger partial charge in [0.25, 0.3) is 0 Å². The fraction of sp³-hybridized carbons (Fsp3) is 0.421. The summed E-state index contributed by atoms with van der Waals surface area (Å²) in [6.07, 6.45) is 5.59. The molecule has 146 valence electrons. The summed E-state index contributed by atoms with van der Waals surface area (Å²) in [5.74, 6) is 3.72. The van der Waals surface area contributed by atoms with Gasteiger partial charge in [-0.3, -0.25) is 0 Å². The zero-order valence-corrected chi connectivity index (χ0v) is 20.5. The van der Waals surface area contributed by atoms with Crippen molar-refractivity contribution < 1.29 is 4.74 Å². The van der Waals surface area contributed by atoms with Crippen molar-refractivity contribution in [1.29, 1.82) is 0 Å². The predicted molar refractivity (Wildman–Crippen MR) is 121 cm³/mol. The van der Waals surface area contributed by atoms with Crippen LogP contribution in [0.4, 0.5) is 5.82 Å². The van der Waals surface area contributed by atoms with E-state index in [2.05, 4.69) is 60.9 Å². The number of imidazole rings is 1. The van der Waals surface area contributed by atoms with Gasteiger partial charge in [-0.15, -0.1) is 0 Å². The third kappa shape index (κ3) is 4.28. The van der Waals surface area contributed by atoms with Crippen LogP contribution in [0.25, 0.3) is 11.2 Å². The molecule has 2 aromatic heterocycles. The quantitative estimate of drug-likeness (QED) is 0.366. The van der Waals surface area contributed by atoms with Crippen LogP contribution in [0.2, 0.25) is 0 Å². The number of nitrogen functional groups attached to an aromatic ring is 1. The number of hydrogen-bond acceptors (Lipinski definition) is 6. The molecule has 2 radical (unpaired) electrons. The van der Waals surface area contributed by atoms with Crippen molar-refractivity contribution in [2.45, 2.75) is 41.1 Å². The molecule has 2 heterocycles. The second-order valence-corrected chi connectivity index (χ2v) is 10.4. The van der Waals surface area contributed by atoms with Gasteiger partial charge >= 0.3 is 167 Å². The van der Waals surface area contributed by atoms with E-state index >= 15 is 0 Å². The van der Waals surface area contributed by atoms with E-state index in [9.17, 15) is 0 Å². The van der Waals surface area contributed by atoms with E-state index in [1.807, 2.05) is 18.2 Å². The first-order chi connectivity index (χ1) is 13.5. The van der Waals surface area contributed by atoms with Crippen molar-refractivity contribution in [1.82, 2.24) is 19.5 Å². The van der Waals surface area contributed by atoms with Gasteiger partial charge in [0.05, 0.1) is 0 Å². The number of nitrogens with zero attached hydrogens (tertiary/aromatic N) is 4. The first kappa shape index (κ1) is 20.3. The van der Waals surface area contributed by atoms with Crippen LogP contribution in [-0.4, -0.2) is 43.5 Å². The van der Waals surface area contributed by atoms with Crippen LogP contribution in [0.5, 0.6) is 5.75 Å². The Morgan fingerprint density at radius 1 is 1.36 bits per heavy atom. The molecule has 0 amide bonds. The van der Waals surface area contributed by atoms with E-state index in [-0.39, 0.29) is 4.83 Å². The number of anilines is 1. The Bertz CT molecular complexity index is 1000. The second-order valence-electron chi connectivity index (χ2n) is 6.97. The van der Waals surface area contributed by atoms with Gasteiger partial charge in [-0.1, -0.05) is 0 Å². The predicted octanol–water partition coefficient (Wildman–Crippen LogP) is 4.28. The second kappa shape index (κ2) is 8.40. The van der Waals surface area contributed by atoms with Crippen LogP contribution < -0.4 is 10.5 Å². The zero-order valence-electron chi connectivity index (χ0n) is 15.7. The molecule has 6 nitrogen and oxygen atoms in total. The van der Waals surface area contributed by atoms with Crippen LogP contribution >= 0.6 is 34.4 Å². The van der Waals surface area contributed by atoms with E-state index in [1.54, 1.807) is 31.7 Å². The molecule has 9 heteroatoms. The Morgan fingerprint density at radius 2 is 2.07 bits per heavy atom. The molecule has 28 heavy (non-hydrogen) atoms. The van der Waals surface area contributed by atoms with E-state index < -0.39 is 0 Å². The van der Waals surface area contributed by atoms with Gasteiger partial charge < -0.3 is 0 Å². The fourth-order valence-corrected chi connectivity index (χ4v) is 5.05. The van der Waals surface area contributed by atoms with Gasteiger partial charge in [-0.2, -0.15) is 0 Å². The number of methoxy groups -OCH3 is 1. The summed E-state index contributed by atoms with van der Waals surface area (Å²) >= 11 is 6.56. The van der Waals surface area contributed by atoms with Gasteiger partial charge in [0, 0.05) is 0 Å². The van der Waals surface area contributed by atoms with Crippen LogP contribution in [-0.2, 0) is 0 Å². The minimum absolute atomic E-state index is 0.197. The number of nitrogens with two attached hydrogens (primary N) is 1. The average molecular weight is 569 g/mol. The molecule has 1 aromatic carbocycles. The first-order valence-electron chi connectivity index (χ1n) is 9.19. The normalized spacial score (nSPS) is 20.1. The molecule has 0 spiro atoms. The molecular formula is C19H21AsIN5OS. The Labute approximate surface area is 191 Å². The molecule has 5 rings (SSSR count). The summed E-state index contributed by atoms with van der Waals surface area (Å²) < 4.78 is 8.57. The summed E-state index contributed by atoms with van der Waals surface area (Å²) in [5.41, 5.74) is 7.39. The summed E-state index contributed by atoms with van der Waals surface area (Å²) in [7, 11) is 1.67. The summed E-state index contributed by atoms with van der Waals surface area (Å²) in [5, 5.41) is 0.843. The molecule has 2 aliphatic carbocycles.